The van der Waals surface area contributed by atoms with E-state index in [-0.39, 0.29) is 5.97 Å². The molecule has 0 fully saturated rings. The van der Waals surface area contributed by atoms with Gasteiger partial charge in [-0.2, -0.15) is 0 Å². The van der Waals surface area contributed by atoms with Crippen LogP contribution in [0, 0.1) is 0 Å². The highest BCUT2D eigenvalue weighted by Gasteiger charge is 2.12. The molecular weight excluding hydrogens is 384 g/mol. The molecule has 0 amide bonds. The number of thiophene rings is 1. The smallest absolute Gasteiger partial charge is 0.337 e. The van der Waals surface area contributed by atoms with Crippen molar-refractivity contribution in [1.29, 1.82) is 0 Å². The summed E-state index contributed by atoms with van der Waals surface area (Å²) in [5, 5.41) is 4.55. The summed E-state index contributed by atoms with van der Waals surface area (Å²) >= 11 is 1.61. The highest BCUT2D eigenvalue weighted by Crippen LogP contribution is 2.36. The van der Waals surface area contributed by atoms with E-state index in [0.29, 0.717) is 5.56 Å². The van der Waals surface area contributed by atoms with Crippen molar-refractivity contribution in [3.05, 3.63) is 72.7 Å². The molecule has 0 saturated carbocycles. The van der Waals surface area contributed by atoms with E-state index in [1.807, 2.05) is 42.6 Å². The van der Waals surface area contributed by atoms with E-state index in [4.69, 9.17) is 4.74 Å². The molecule has 0 aliphatic carbocycles. The molecule has 142 valence electrons. The minimum Gasteiger partial charge on any atom is -0.465 e. The lowest BCUT2D eigenvalue weighted by Crippen LogP contribution is -2.00. The van der Waals surface area contributed by atoms with Crippen LogP contribution in [0.3, 0.4) is 0 Å². The van der Waals surface area contributed by atoms with Crippen molar-refractivity contribution in [2.45, 2.75) is 0 Å². The Kier molecular flexibility index (Phi) is 4.22. The fourth-order valence-electron chi connectivity index (χ4n) is 3.24. The quantitative estimate of drug-likeness (QED) is 0.397. The van der Waals surface area contributed by atoms with E-state index in [9.17, 15) is 4.79 Å². The number of anilines is 2. The topological polar surface area (TPSA) is 79.9 Å². The van der Waals surface area contributed by atoms with Crippen LogP contribution in [0.25, 0.3) is 31.6 Å². The van der Waals surface area contributed by atoms with Gasteiger partial charge in [0.25, 0.3) is 0 Å². The Bertz CT molecular complexity index is 1340. The molecule has 2 N–H and O–H groups in total. The minimum atomic E-state index is -0.343. The highest BCUT2D eigenvalue weighted by atomic mass is 32.1. The van der Waals surface area contributed by atoms with Crippen molar-refractivity contribution >= 4 is 49.9 Å². The predicted molar refractivity (Wildman–Crippen MR) is 116 cm³/mol. The molecule has 29 heavy (non-hydrogen) atoms. The first-order valence-corrected chi connectivity index (χ1v) is 9.80. The first-order valence-electron chi connectivity index (χ1n) is 8.99. The first kappa shape index (κ1) is 17.4. The van der Waals surface area contributed by atoms with Crippen LogP contribution in [0.4, 0.5) is 11.5 Å². The molecule has 6 nitrogen and oxygen atoms in total. The van der Waals surface area contributed by atoms with Gasteiger partial charge in [-0.25, -0.2) is 14.8 Å². The molecule has 2 aromatic carbocycles. The lowest BCUT2D eigenvalue weighted by molar-refractivity contribution is 0.0601. The third kappa shape index (κ3) is 3.21. The third-order valence-electron chi connectivity index (χ3n) is 4.72. The zero-order chi connectivity index (χ0) is 19.8. The van der Waals surface area contributed by atoms with Crippen LogP contribution >= 0.6 is 11.3 Å². The number of hydrogen-bond donors (Lipinski definition) is 2. The van der Waals surface area contributed by atoms with Crippen LogP contribution < -0.4 is 5.32 Å². The summed E-state index contributed by atoms with van der Waals surface area (Å²) in [5.74, 6) is 0.428. The number of benzene rings is 2. The Morgan fingerprint density at radius 2 is 1.93 bits per heavy atom. The lowest BCUT2D eigenvalue weighted by Gasteiger charge is -2.06. The van der Waals surface area contributed by atoms with Crippen LogP contribution in [0.15, 0.2) is 67.1 Å². The van der Waals surface area contributed by atoms with Gasteiger partial charge >= 0.3 is 5.97 Å². The molecule has 0 aliphatic rings. The maximum atomic E-state index is 11.6. The normalized spacial score (nSPS) is 11.1. The van der Waals surface area contributed by atoms with Gasteiger partial charge in [-0.05, 0) is 48.0 Å². The van der Waals surface area contributed by atoms with Crippen LogP contribution in [0.5, 0.6) is 0 Å². The Hall–Kier alpha value is -3.71. The van der Waals surface area contributed by atoms with Gasteiger partial charge < -0.3 is 15.0 Å². The largest absolute Gasteiger partial charge is 0.465 e. The van der Waals surface area contributed by atoms with Crippen LogP contribution in [-0.4, -0.2) is 28.0 Å². The summed E-state index contributed by atoms with van der Waals surface area (Å²) in [6.07, 6.45) is 3.49. The van der Waals surface area contributed by atoms with Crippen molar-refractivity contribution < 1.29 is 9.53 Å². The van der Waals surface area contributed by atoms with E-state index in [2.05, 4.69) is 26.3 Å². The maximum Gasteiger partial charge on any atom is 0.337 e. The number of hydrogen-bond acceptors (Lipinski definition) is 6. The van der Waals surface area contributed by atoms with E-state index < -0.39 is 0 Å². The number of esters is 1. The highest BCUT2D eigenvalue weighted by molar-refractivity contribution is 7.22. The zero-order valence-electron chi connectivity index (χ0n) is 15.5. The average Bonchev–Trinajstić information content (AvgIpc) is 3.40. The molecule has 0 spiro atoms. The Morgan fingerprint density at radius 1 is 1.07 bits per heavy atom. The van der Waals surface area contributed by atoms with Gasteiger partial charge in [0, 0.05) is 27.7 Å². The Balaban J connectivity index is 1.49. The molecule has 0 aliphatic heterocycles. The minimum absolute atomic E-state index is 0.343. The van der Waals surface area contributed by atoms with Gasteiger partial charge in [0.1, 0.15) is 6.33 Å². The van der Waals surface area contributed by atoms with Crippen LogP contribution in [-0.2, 0) is 4.74 Å². The van der Waals surface area contributed by atoms with Gasteiger partial charge in [-0.15, -0.1) is 11.3 Å². The molecule has 0 saturated heterocycles. The number of nitrogens with one attached hydrogen (secondary N) is 2. The summed E-state index contributed by atoms with van der Waals surface area (Å²) in [4.78, 5) is 24.7. The van der Waals surface area contributed by atoms with E-state index in [1.165, 1.54) is 7.11 Å². The van der Waals surface area contributed by atoms with E-state index >= 15 is 0 Å². The number of methoxy groups -OCH3 is 1. The average molecular weight is 400 g/mol. The second-order valence-electron chi connectivity index (χ2n) is 6.52. The van der Waals surface area contributed by atoms with Crippen molar-refractivity contribution in [2.24, 2.45) is 0 Å². The van der Waals surface area contributed by atoms with Crippen LogP contribution in [0.2, 0.25) is 0 Å². The van der Waals surface area contributed by atoms with Crippen molar-refractivity contribution in [1.82, 2.24) is 15.0 Å². The summed E-state index contributed by atoms with van der Waals surface area (Å²) in [6.45, 7) is 0. The molecule has 5 aromatic rings. The molecular formula is C22H16N4O2S. The van der Waals surface area contributed by atoms with Gasteiger partial charge in [0.05, 0.1) is 22.9 Å². The monoisotopic (exact) mass is 400 g/mol. The standard InChI is InChI=1S/C22H16N4O2S/c1-28-22(27)14-4-2-13(3-5-14)19-11-18-20(29-19)21(25-12-24-18)26-16-6-7-17-15(10-16)8-9-23-17/h2-12,23H,1H3,(H,24,25,26). The second-order valence-corrected chi connectivity index (χ2v) is 7.57. The number of H-pyrrole nitrogens is 1. The van der Waals surface area contributed by atoms with E-state index in [0.717, 1.165) is 43.1 Å². The van der Waals surface area contributed by atoms with Crippen LogP contribution in [0.1, 0.15) is 10.4 Å². The molecule has 0 unspecified atom stereocenters. The Labute approximate surface area is 170 Å². The number of ether oxygens (including phenoxy) is 1. The molecule has 0 atom stereocenters. The number of carbonyl (C=O) groups is 1. The van der Waals surface area contributed by atoms with Gasteiger partial charge in [0.2, 0.25) is 0 Å². The zero-order valence-corrected chi connectivity index (χ0v) is 16.3. The molecule has 7 heteroatoms. The molecule has 0 bridgehead atoms. The molecule has 5 rings (SSSR count). The first-order chi connectivity index (χ1) is 14.2. The van der Waals surface area contributed by atoms with Crippen molar-refractivity contribution in [3.63, 3.8) is 0 Å². The fraction of sp³-hybridized carbons (Fsp3) is 0.0455. The van der Waals surface area contributed by atoms with Gasteiger partial charge in [0.15, 0.2) is 5.82 Å². The lowest BCUT2D eigenvalue weighted by atomic mass is 10.1. The molecule has 3 aromatic heterocycles. The van der Waals surface area contributed by atoms with Crippen molar-refractivity contribution in [3.8, 4) is 10.4 Å². The molecule has 0 radical (unpaired) electrons. The van der Waals surface area contributed by atoms with Crippen molar-refractivity contribution in [2.75, 3.05) is 12.4 Å². The summed E-state index contributed by atoms with van der Waals surface area (Å²) in [7, 11) is 1.38. The number of aromatic nitrogens is 3. The van der Waals surface area contributed by atoms with Gasteiger partial charge in [-0.3, -0.25) is 0 Å². The number of carbonyl (C=O) groups excluding carboxylic acids is 1. The number of aromatic amines is 1. The Morgan fingerprint density at radius 3 is 2.76 bits per heavy atom. The number of fused-ring (bicyclic) bond motifs is 2. The van der Waals surface area contributed by atoms with E-state index in [1.54, 1.807) is 29.8 Å². The predicted octanol–water partition coefficient (Wildman–Crippen LogP) is 5.37. The second kappa shape index (κ2) is 7.03. The summed E-state index contributed by atoms with van der Waals surface area (Å²) < 4.78 is 5.74. The van der Waals surface area contributed by atoms with Gasteiger partial charge in [-0.1, -0.05) is 12.1 Å². The number of rotatable bonds is 4. The summed E-state index contributed by atoms with van der Waals surface area (Å²) in [5.41, 5.74) is 4.48. The summed E-state index contributed by atoms with van der Waals surface area (Å²) in [6, 6.07) is 17.6. The SMILES string of the molecule is COC(=O)c1ccc(-c2cc3ncnc(Nc4ccc5[nH]ccc5c4)c3s2)cc1. The third-order valence-corrected chi connectivity index (χ3v) is 5.90. The molecule has 3 heterocycles. The fourth-order valence-corrected chi connectivity index (χ4v) is 4.30. The maximum absolute atomic E-state index is 11.6. The number of nitrogens with zero attached hydrogens (tertiary/aromatic N) is 2.